The maximum Gasteiger partial charge on any atom is 0.233 e. The fourth-order valence-corrected chi connectivity index (χ4v) is 1.13. The molecule has 2 aromatic heterocycles. The summed E-state index contributed by atoms with van der Waals surface area (Å²) in [4.78, 5) is 14.6. The monoisotopic (exact) mass is 296 g/mol. The minimum absolute atomic E-state index is 0.0995. The van der Waals surface area contributed by atoms with Gasteiger partial charge < -0.3 is 5.21 Å². The average Bonchev–Trinajstić information content (AvgIpc) is 2.40. The lowest BCUT2D eigenvalue weighted by molar-refractivity contribution is 0.321. The number of nitrogens with zero attached hydrogens (tertiary/aromatic N) is 6. The van der Waals surface area contributed by atoms with Gasteiger partial charge >= 0.3 is 0 Å². The Bertz CT molecular complexity index is 613. The van der Waals surface area contributed by atoms with Gasteiger partial charge in [0.05, 0.1) is 0 Å². The van der Waals surface area contributed by atoms with Gasteiger partial charge in [0.25, 0.3) is 0 Å². The molecular formula is C10H6Cl2N6O. The van der Waals surface area contributed by atoms with Gasteiger partial charge in [0.2, 0.25) is 5.82 Å². The Kier molecular flexibility index (Phi) is 6.15. The van der Waals surface area contributed by atoms with Crippen LogP contribution in [0.15, 0.2) is 29.7 Å². The number of nitriles is 1. The van der Waals surface area contributed by atoms with E-state index in [0.29, 0.717) is 10.3 Å². The summed E-state index contributed by atoms with van der Waals surface area (Å²) >= 11 is 10.9. The zero-order chi connectivity index (χ0) is 14.1. The summed E-state index contributed by atoms with van der Waals surface area (Å²) in [5.41, 5.74) is 0. The van der Waals surface area contributed by atoms with Crippen LogP contribution in [0.25, 0.3) is 0 Å². The molecule has 0 aliphatic heterocycles. The minimum atomic E-state index is 0.0995. The fourth-order valence-electron chi connectivity index (χ4n) is 0.855. The smallest absolute Gasteiger partial charge is 0.233 e. The minimum Gasteiger partial charge on any atom is -0.411 e. The van der Waals surface area contributed by atoms with Crippen molar-refractivity contribution in [2.45, 2.75) is 0 Å². The lowest BCUT2D eigenvalue weighted by Crippen LogP contribution is -1.91. The van der Waals surface area contributed by atoms with Crippen molar-refractivity contribution < 1.29 is 5.21 Å². The van der Waals surface area contributed by atoms with Gasteiger partial charge in [0.1, 0.15) is 22.6 Å². The number of halogens is 2. The van der Waals surface area contributed by atoms with Gasteiger partial charge in [0.15, 0.2) is 5.82 Å². The van der Waals surface area contributed by atoms with Crippen molar-refractivity contribution in [1.29, 1.82) is 5.26 Å². The molecule has 2 heterocycles. The summed E-state index contributed by atoms with van der Waals surface area (Å²) in [6.45, 7) is 0. The number of hydrogen-bond donors (Lipinski definition) is 1. The van der Waals surface area contributed by atoms with E-state index in [-0.39, 0.29) is 11.6 Å². The summed E-state index contributed by atoms with van der Waals surface area (Å²) in [6, 6.07) is 4.82. The summed E-state index contributed by atoms with van der Waals surface area (Å²) in [5.74, 6) is 0.387. The highest BCUT2D eigenvalue weighted by Crippen LogP contribution is 2.00. The fraction of sp³-hybridized carbons (Fsp3) is 0. The molecule has 0 radical (unpaired) electrons. The Labute approximate surface area is 118 Å². The summed E-state index contributed by atoms with van der Waals surface area (Å²) < 4.78 is 0. The average molecular weight is 297 g/mol. The van der Waals surface area contributed by atoms with Crippen molar-refractivity contribution in [2.75, 3.05) is 0 Å². The molecule has 0 unspecified atom stereocenters. The third kappa shape index (κ3) is 5.72. The molecule has 0 fully saturated rings. The lowest BCUT2D eigenvalue weighted by atomic mass is 10.6. The van der Waals surface area contributed by atoms with Crippen LogP contribution >= 0.6 is 23.2 Å². The maximum absolute atomic E-state index is 8.23. The Balaban J connectivity index is 0.000000191. The van der Waals surface area contributed by atoms with Gasteiger partial charge in [-0.15, -0.1) is 0 Å². The molecule has 2 aromatic rings. The Morgan fingerprint density at radius 3 is 2.26 bits per heavy atom. The molecule has 0 saturated heterocycles. The SMILES string of the molecule is N#Cc1nccc(Cl)n1.ON=Cc1nccc(Cl)n1. The van der Waals surface area contributed by atoms with Gasteiger partial charge in [-0.1, -0.05) is 28.4 Å². The third-order valence-electron chi connectivity index (χ3n) is 1.54. The third-order valence-corrected chi connectivity index (χ3v) is 1.96. The lowest BCUT2D eigenvalue weighted by Gasteiger charge is -1.88. The summed E-state index contributed by atoms with van der Waals surface area (Å²) in [7, 11) is 0. The van der Waals surface area contributed by atoms with Crippen LogP contribution in [-0.4, -0.2) is 31.4 Å². The van der Waals surface area contributed by atoms with Gasteiger partial charge in [0, 0.05) is 12.4 Å². The molecule has 9 heteroatoms. The zero-order valence-corrected chi connectivity index (χ0v) is 10.8. The number of oxime groups is 1. The second-order valence-corrected chi connectivity index (χ2v) is 3.57. The van der Waals surface area contributed by atoms with Crippen LogP contribution in [0.2, 0.25) is 10.3 Å². The molecular weight excluding hydrogens is 291 g/mol. The van der Waals surface area contributed by atoms with E-state index in [1.807, 2.05) is 0 Å². The van der Waals surface area contributed by atoms with Gasteiger partial charge in [-0.05, 0) is 12.1 Å². The molecule has 0 aromatic carbocycles. The summed E-state index contributed by atoms with van der Waals surface area (Å²) in [6.07, 6.45) is 4.02. The van der Waals surface area contributed by atoms with Gasteiger partial charge in [-0.25, -0.2) is 19.9 Å². The quantitative estimate of drug-likeness (QED) is 0.373. The van der Waals surface area contributed by atoms with Gasteiger partial charge in [-0.2, -0.15) is 5.26 Å². The number of hydrogen-bond acceptors (Lipinski definition) is 7. The molecule has 0 amide bonds. The molecule has 7 nitrogen and oxygen atoms in total. The van der Waals surface area contributed by atoms with Crippen LogP contribution in [0.3, 0.4) is 0 Å². The van der Waals surface area contributed by atoms with Gasteiger partial charge in [-0.3, -0.25) is 0 Å². The number of aromatic nitrogens is 4. The molecule has 96 valence electrons. The first kappa shape index (κ1) is 14.8. The molecule has 2 rings (SSSR count). The Hall–Kier alpha value is -2.30. The first-order chi connectivity index (χ1) is 9.15. The van der Waals surface area contributed by atoms with Crippen LogP contribution in [-0.2, 0) is 0 Å². The van der Waals surface area contributed by atoms with Crippen LogP contribution in [0.5, 0.6) is 0 Å². The van der Waals surface area contributed by atoms with E-state index >= 15 is 0 Å². The second kappa shape index (κ2) is 7.92. The maximum atomic E-state index is 8.23. The predicted molar refractivity (Wildman–Crippen MR) is 68.2 cm³/mol. The molecule has 0 atom stereocenters. The van der Waals surface area contributed by atoms with E-state index in [4.69, 9.17) is 33.7 Å². The first-order valence-corrected chi connectivity index (χ1v) is 5.46. The van der Waals surface area contributed by atoms with E-state index < -0.39 is 0 Å². The van der Waals surface area contributed by atoms with E-state index in [0.717, 1.165) is 6.21 Å². The van der Waals surface area contributed by atoms with Crippen LogP contribution in [0.4, 0.5) is 0 Å². The summed E-state index contributed by atoms with van der Waals surface area (Å²) in [5, 5.41) is 19.6. The van der Waals surface area contributed by atoms with E-state index in [2.05, 4.69) is 25.1 Å². The molecule has 0 aliphatic rings. The Morgan fingerprint density at radius 1 is 1.16 bits per heavy atom. The normalized spacial score (nSPS) is 9.53. The molecule has 1 N–H and O–H groups in total. The van der Waals surface area contributed by atoms with Crippen molar-refractivity contribution in [3.63, 3.8) is 0 Å². The van der Waals surface area contributed by atoms with Crippen LogP contribution < -0.4 is 0 Å². The van der Waals surface area contributed by atoms with E-state index in [9.17, 15) is 0 Å². The van der Waals surface area contributed by atoms with Crippen LogP contribution in [0.1, 0.15) is 11.6 Å². The van der Waals surface area contributed by atoms with Crippen molar-refractivity contribution >= 4 is 29.4 Å². The van der Waals surface area contributed by atoms with E-state index in [1.54, 1.807) is 6.07 Å². The molecule has 0 saturated carbocycles. The van der Waals surface area contributed by atoms with Crippen molar-refractivity contribution in [3.05, 3.63) is 46.5 Å². The second-order valence-electron chi connectivity index (χ2n) is 2.80. The molecule has 0 bridgehead atoms. The van der Waals surface area contributed by atoms with Crippen LogP contribution in [0, 0.1) is 11.3 Å². The van der Waals surface area contributed by atoms with E-state index in [1.165, 1.54) is 24.5 Å². The molecule has 19 heavy (non-hydrogen) atoms. The predicted octanol–water partition coefficient (Wildman–Crippen LogP) is 1.94. The number of rotatable bonds is 1. The van der Waals surface area contributed by atoms with Crippen molar-refractivity contribution in [3.8, 4) is 6.07 Å². The molecule has 0 spiro atoms. The highest BCUT2D eigenvalue weighted by molar-refractivity contribution is 6.29. The topological polar surface area (TPSA) is 108 Å². The molecule has 0 aliphatic carbocycles. The zero-order valence-electron chi connectivity index (χ0n) is 9.27. The largest absolute Gasteiger partial charge is 0.411 e. The standard InChI is InChI=1S/C5H4ClN3O.C5H2ClN3/c6-4-1-2-7-5(9-4)3-8-10;6-4-1-2-8-5(3-7)9-4/h1-3,10H;1-2H. The van der Waals surface area contributed by atoms with Crippen molar-refractivity contribution in [2.24, 2.45) is 5.16 Å². The first-order valence-electron chi connectivity index (χ1n) is 4.70. The highest BCUT2D eigenvalue weighted by Gasteiger charge is 1.91. The highest BCUT2D eigenvalue weighted by atomic mass is 35.5. The Morgan fingerprint density at radius 2 is 1.79 bits per heavy atom. The van der Waals surface area contributed by atoms with Crippen molar-refractivity contribution in [1.82, 2.24) is 19.9 Å².